The zero-order valence-electron chi connectivity index (χ0n) is 17.3. The van der Waals surface area contributed by atoms with Gasteiger partial charge in [-0.3, -0.25) is 19.5 Å². The molecule has 2 heterocycles. The van der Waals surface area contributed by atoms with E-state index >= 15 is 0 Å². The third-order valence-electron chi connectivity index (χ3n) is 5.14. The smallest absolute Gasteiger partial charge is 0.271 e. The Bertz CT molecular complexity index is 1160. The summed E-state index contributed by atoms with van der Waals surface area (Å²) in [5.74, 6) is 0.466. The van der Waals surface area contributed by atoms with Gasteiger partial charge in [-0.05, 0) is 37.5 Å². The Hall–Kier alpha value is -3.11. The van der Waals surface area contributed by atoms with Crippen molar-refractivity contribution in [2.75, 3.05) is 29.1 Å². The molecule has 2 aromatic carbocycles. The van der Waals surface area contributed by atoms with E-state index in [0.29, 0.717) is 21.8 Å². The number of nitrogens with zero attached hydrogens (tertiary/aromatic N) is 5. The molecule has 4 rings (SSSR count). The number of hydrogen-bond donors (Lipinski definition) is 1. The first kappa shape index (κ1) is 22.1. The summed E-state index contributed by atoms with van der Waals surface area (Å²) in [6.45, 7) is 3.56. The SMILES string of the molecule is Cc1ccc([N+](=O)[O-])cc1NC(=O)CSc1nnc(N2CCCC2)n1-c1ccccc1Cl. The van der Waals surface area contributed by atoms with Crippen molar-refractivity contribution in [1.82, 2.24) is 14.8 Å². The van der Waals surface area contributed by atoms with Gasteiger partial charge >= 0.3 is 0 Å². The number of amides is 1. The maximum Gasteiger partial charge on any atom is 0.271 e. The van der Waals surface area contributed by atoms with Gasteiger partial charge in [-0.15, -0.1) is 10.2 Å². The maximum absolute atomic E-state index is 12.6. The molecule has 1 aliphatic heterocycles. The Morgan fingerprint density at radius 2 is 1.97 bits per heavy atom. The lowest BCUT2D eigenvalue weighted by atomic mass is 10.2. The van der Waals surface area contributed by atoms with Crippen molar-refractivity contribution < 1.29 is 9.72 Å². The Labute approximate surface area is 193 Å². The number of anilines is 2. The number of non-ortho nitro benzene ring substituents is 1. The predicted molar refractivity (Wildman–Crippen MR) is 125 cm³/mol. The fourth-order valence-corrected chi connectivity index (χ4v) is 4.46. The van der Waals surface area contributed by atoms with E-state index in [1.807, 2.05) is 22.8 Å². The summed E-state index contributed by atoms with van der Waals surface area (Å²) in [5.41, 5.74) is 1.82. The summed E-state index contributed by atoms with van der Waals surface area (Å²) in [6, 6.07) is 11.8. The number of nitro groups is 1. The molecule has 11 heteroatoms. The number of para-hydroxylation sites is 1. The van der Waals surface area contributed by atoms with Gasteiger partial charge in [0.25, 0.3) is 5.69 Å². The lowest BCUT2D eigenvalue weighted by Gasteiger charge is -2.19. The molecule has 0 radical (unpaired) electrons. The summed E-state index contributed by atoms with van der Waals surface area (Å²) in [4.78, 5) is 25.3. The third-order valence-corrected chi connectivity index (χ3v) is 6.39. The van der Waals surface area contributed by atoms with Gasteiger partial charge in [-0.1, -0.05) is 41.6 Å². The summed E-state index contributed by atoms with van der Waals surface area (Å²) < 4.78 is 1.88. The second-order valence-electron chi connectivity index (χ2n) is 7.36. The number of benzene rings is 2. The summed E-state index contributed by atoms with van der Waals surface area (Å²) in [6.07, 6.45) is 2.17. The third kappa shape index (κ3) is 4.71. The number of nitrogens with one attached hydrogen (secondary N) is 1. The standard InChI is InChI=1S/C21H21ClN6O3S/c1-14-8-9-15(28(30)31)12-17(14)23-19(29)13-32-21-25-24-20(26-10-4-5-11-26)27(21)18-7-3-2-6-16(18)22/h2-3,6-9,12H,4-5,10-11,13H2,1H3,(H,23,29). The summed E-state index contributed by atoms with van der Waals surface area (Å²) in [7, 11) is 0. The molecule has 0 aliphatic carbocycles. The number of halogens is 1. The predicted octanol–water partition coefficient (Wildman–Crippen LogP) is 4.47. The van der Waals surface area contributed by atoms with Gasteiger partial charge in [0.2, 0.25) is 11.9 Å². The van der Waals surface area contributed by atoms with Crippen LogP contribution in [0.25, 0.3) is 5.69 Å². The lowest BCUT2D eigenvalue weighted by molar-refractivity contribution is -0.384. The normalized spacial score (nSPS) is 13.4. The van der Waals surface area contributed by atoms with Gasteiger partial charge in [-0.2, -0.15) is 0 Å². The average molecular weight is 473 g/mol. The first-order valence-corrected chi connectivity index (χ1v) is 11.4. The van der Waals surface area contributed by atoms with Gasteiger partial charge < -0.3 is 10.2 Å². The van der Waals surface area contributed by atoms with Crippen LogP contribution in [0.15, 0.2) is 47.6 Å². The van der Waals surface area contributed by atoms with Gasteiger partial charge in [0.05, 0.1) is 27.1 Å². The van der Waals surface area contributed by atoms with Crippen molar-refractivity contribution in [3.05, 3.63) is 63.2 Å². The molecule has 0 atom stereocenters. The van der Waals surface area contributed by atoms with Crippen molar-refractivity contribution in [3.63, 3.8) is 0 Å². The molecular weight excluding hydrogens is 452 g/mol. The number of hydrogen-bond acceptors (Lipinski definition) is 7. The fourth-order valence-electron chi connectivity index (χ4n) is 3.50. The fraction of sp³-hybridized carbons (Fsp3) is 0.286. The van der Waals surface area contributed by atoms with Crippen molar-refractivity contribution >= 4 is 46.6 Å². The van der Waals surface area contributed by atoms with E-state index < -0.39 is 4.92 Å². The number of aryl methyl sites for hydroxylation is 1. The molecule has 1 aromatic heterocycles. The molecule has 3 aromatic rings. The van der Waals surface area contributed by atoms with Gasteiger partial charge in [0, 0.05) is 25.2 Å². The van der Waals surface area contributed by atoms with Crippen LogP contribution in [0.2, 0.25) is 5.02 Å². The van der Waals surface area contributed by atoms with E-state index in [4.69, 9.17) is 11.6 Å². The van der Waals surface area contributed by atoms with Crippen molar-refractivity contribution in [1.29, 1.82) is 0 Å². The monoisotopic (exact) mass is 472 g/mol. The number of rotatable bonds is 7. The Balaban J connectivity index is 1.55. The second kappa shape index (κ2) is 9.58. The van der Waals surface area contributed by atoms with E-state index in [9.17, 15) is 14.9 Å². The van der Waals surface area contributed by atoms with Crippen LogP contribution < -0.4 is 10.2 Å². The lowest BCUT2D eigenvalue weighted by Crippen LogP contribution is -2.22. The first-order valence-electron chi connectivity index (χ1n) is 10.1. The summed E-state index contributed by atoms with van der Waals surface area (Å²) >= 11 is 7.69. The number of carbonyl (C=O) groups excluding carboxylic acids is 1. The largest absolute Gasteiger partial charge is 0.341 e. The molecule has 9 nitrogen and oxygen atoms in total. The molecule has 1 amide bonds. The molecule has 1 aliphatic rings. The van der Waals surface area contributed by atoms with Gasteiger partial charge in [0.1, 0.15) is 0 Å². The van der Waals surface area contributed by atoms with Crippen LogP contribution in [0.1, 0.15) is 18.4 Å². The molecular formula is C21H21ClN6O3S. The Morgan fingerprint density at radius 3 is 2.69 bits per heavy atom. The van der Waals surface area contributed by atoms with Crippen LogP contribution in [-0.4, -0.2) is 44.4 Å². The van der Waals surface area contributed by atoms with Gasteiger partial charge in [-0.25, -0.2) is 0 Å². The molecule has 1 saturated heterocycles. The van der Waals surface area contributed by atoms with Crippen LogP contribution in [0.3, 0.4) is 0 Å². The number of nitro benzene ring substituents is 1. The van der Waals surface area contributed by atoms with Crippen LogP contribution in [0.4, 0.5) is 17.3 Å². The molecule has 0 saturated carbocycles. The number of thioether (sulfide) groups is 1. The topological polar surface area (TPSA) is 106 Å². The zero-order valence-corrected chi connectivity index (χ0v) is 18.9. The first-order chi connectivity index (χ1) is 15.4. The highest BCUT2D eigenvalue weighted by atomic mass is 35.5. The van der Waals surface area contributed by atoms with Crippen LogP contribution >= 0.6 is 23.4 Å². The Kier molecular flexibility index (Phi) is 6.61. The summed E-state index contributed by atoms with van der Waals surface area (Å²) in [5, 5.41) is 23.6. The van der Waals surface area contributed by atoms with Crippen molar-refractivity contribution in [2.24, 2.45) is 0 Å². The quantitative estimate of drug-likeness (QED) is 0.307. The van der Waals surface area contributed by atoms with E-state index in [2.05, 4.69) is 20.4 Å². The van der Waals surface area contributed by atoms with Crippen molar-refractivity contribution in [2.45, 2.75) is 24.9 Å². The Morgan fingerprint density at radius 1 is 1.22 bits per heavy atom. The van der Waals surface area contributed by atoms with E-state index in [-0.39, 0.29) is 17.3 Å². The second-order valence-corrected chi connectivity index (χ2v) is 8.71. The minimum atomic E-state index is -0.490. The molecule has 1 fully saturated rings. The van der Waals surface area contributed by atoms with E-state index in [1.165, 1.54) is 23.9 Å². The van der Waals surface area contributed by atoms with E-state index in [1.54, 1.807) is 19.1 Å². The highest BCUT2D eigenvalue weighted by Gasteiger charge is 2.24. The molecule has 1 N–H and O–H groups in total. The zero-order chi connectivity index (χ0) is 22.7. The average Bonchev–Trinajstić information content (AvgIpc) is 3.44. The molecule has 0 unspecified atom stereocenters. The van der Waals surface area contributed by atoms with E-state index in [0.717, 1.165) is 37.2 Å². The highest BCUT2D eigenvalue weighted by Crippen LogP contribution is 2.32. The molecule has 32 heavy (non-hydrogen) atoms. The number of carbonyl (C=O) groups is 1. The van der Waals surface area contributed by atoms with Crippen LogP contribution in [-0.2, 0) is 4.79 Å². The minimum absolute atomic E-state index is 0.0602. The molecule has 0 spiro atoms. The van der Waals surface area contributed by atoms with Gasteiger partial charge in [0.15, 0.2) is 5.16 Å². The van der Waals surface area contributed by atoms with Crippen LogP contribution in [0, 0.1) is 17.0 Å². The maximum atomic E-state index is 12.6. The van der Waals surface area contributed by atoms with Crippen molar-refractivity contribution in [3.8, 4) is 5.69 Å². The minimum Gasteiger partial charge on any atom is -0.341 e. The molecule has 0 bridgehead atoms. The molecule has 166 valence electrons. The number of aromatic nitrogens is 3. The highest BCUT2D eigenvalue weighted by molar-refractivity contribution is 7.99. The van der Waals surface area contributed by atoms with Crippen LogP contribution in [0.5, 0.6) is 0 Å².